The maximum atomic E-state index is 13.1. The van der Waals surface area contributed by atoms with Crippen LogP contribution in [0.3, 0.4) is 0 Å². The third kappa shape index (κ3) is 7.09. The van der Waals surface area contributed by atoms with E-state index in [0.717, 1.165) is 5.56 Å². The summed E-state index contributed by atoms with van der Waals surface area (Å²) in [5, 5.41) is 4.99. The van der Waals surface area contributed by atoms with Crippen molar-refractivity contribution in [2.75, 3.05) is 11.9 Å². The van der Waals surface area contributed by atoms with E-state index in [1.165, 1.54) is 6.92 Å². The first kappa shape index (κ1) is 25.4. The van der Waals surface area contributed by atoms with Gasteiger partial charge in [-0.2, -0.15) is 0 Å². The van der Waals surface area contributed by atoms with Crippen molar-refractivity contribution in [3.8, 4) is 0 Å². The van der Waals surface area contributed by atoms with Gasteiger partial charge in [-0.3, -0.25) is 14.9 Å². The van der Waals surface area contributed by atoms with Gasteiger partial charge in [0.1, 0.15) is 28.5 Å². The zero-order chi connectivity index (χ0) is 24.8. The zero-order valence-electron chi connectivity index (χ0n) is 19.3. The van der Waals surface area contributed by atoms with Crippen LogP contribution in [-0.4, -0.2) is 42.1 Å². The minimum Gasteiger partial charge on any atom is -0.462 e. The smallest absolute Gasteiger partial charge is 0.408 e. The van der Waals surface area contributed by atoms with Gasteiger partial charge in [0.05, 0.1) is 6.61 Å². The van der Waals surface area contributed by atoms with Gasteiger partial charge >= 0.3 is 12.1 Å². The van der Waals surface area contributed by atoms with Crippen molar-refractivity contribution in [3.63, 3.8) is 0 Å². The Balaban J connectivity index is 2.34. The van der Waals surface area contributed by atoms with E-state index in [-0.39, 0.29) is 35.8 Å². The number of benzene rings is 1. The molecule has 33 heavy (non-hydrogen) atoms. The van der Waals surface area contributed by atoms with Crippen LogP contribution < -0.4 is 16.4 Å². The first-order valence-electron chi connectivity index (χ1n) is 10.4. The highest BCUT2D eigenvalue weighted by Gasteiger charge is 2.31. The Labute approximate surface area is 191 Å². The molecule has 0 saturated carbocycles. The fourth-order valence-corrected chi connectivity index (χ4v) is 3.02. The van der Waals surface area contributed by atoms with E-state index < -0.39 is 35.5 Å². The monoisotopic (exact) mass is 459 g/mol. The molecule has 0 radical (unpaired) electrons. The van der Waals surface area contributed by atoms with Crippen LogP contribution in [0.4, 0.5) is 10.7 Å². The maximum Gasteiger partial charge on any atom is 0.408 e. The Bertz CT molecular complexity index is 1020. The molecule has 1 heterocycles. The number of hydrogen-bond donors (Lipinski definition) is 3. The summed E-state index contributed by atoms with van der Waals surface area (Å²) in [6.07, 6.45) is -0.668. The van der Waals surface area contributed by atoms with Crippen molar-refractivity contribution in [2.45, 2.75) is 52.7 Å². The number of amides is 3. The van der Waals surface area contributed by atoms with E-state index in [2.05, 4.69) is 10.6 Å². The summed E-state index contributed by atoms with van der Waals surface area (Å²) in [6.45, 7) is 8.20. The molecule has 3 amide bonds. The topological polar surface area (TPSA) is 150 Å². The largest absolute Gasteiger partial charge is 0.462 e. The van der Waals surface area contributed by atoms with E-state index in [0.29, 0.717) is 0 Å². The normalized spacial score (nSPS) is 11.9. The van der Waals surface area contributed by atoms with Crippen LogP contribution in [0.15, 0.2) is 34.7 Å². The third-order valence-electron chi connectivity index (χ3n) is 4.34. The van der Waals surface area contributed by atoms with E-state index in [9.17, 15) is 19.2 Å². The van der Waals surface area contributed by atoms with Gasteiger partial charge in [-0.15, -0.1) is 0 Å². The summed E-state index contributed by atoms with van der Waals surface area (Å²) in [6, 6.07) is 7.92. The molecular formula is C23H29N3O7. The fraction of sp³-hybridized carbons (Fsp3) is 0.391. The number of nitrogens with one attached hydrogen (secondary N) is 2. The first-order chi connectivity index (χ1) is 15.4. The Morgan fingerprint density at radius 3 is 2.27 bits per heavy atom. The summed E-state index contributed by atoms with van der Waals surface area (Å²) in [5.74, 6) is -2.74. The van der Waals surface area contributed by atoms with Crippen molar-refractivity contribution in [1.29, 1.82) is 0 Å². The van der Waals surface area contributed by atoms with E-state index in [1.807, 2.05) is 6.07 Å². The molecule has 10 heteroatoms. The van der Waals surface area contributed by atoms with Gasteiger partial charge in [0.2, 0.25) is 11.8 Å². The van der Waals surface area contributed by atoms with Crippen LogP contribution in [0.25, 0.3) is 0 Å². The quantitative estimate of drug-likeness (QED) is 0.514. The minimum absolute atomic E-state index is 0.0530. The van der Waals surface area contributed by atoms with Gasteiger partial charge < -0.3 is 24.9 Å². The number of anilines is 1. The number of esters is 1. The molecule has 0 bridgehead atoms. The van der Waals surface area contributed by atoms with E-state index in [4.69, 9.17) is 19.6 Å². The van der Waals surface area contributed by atoms with Crippen LogP contribution in [0, 0.1) is 6.92 Å². The van der Waals surface area contributed by atoms with Crippen LogP contribution in [0.2, 0.25) is 0 Å². The fourth-order valence-electron chi connectivity index (χ4n) is 3.02. The average molecular weight is 459 g/mol. The molecule has 1 unspecified atom stereocenters. The Morgan fingerprint density at radius 2 is 1.73 bits per heavy atom. The molecule has 2 aromatic rings. The van der Waals surface area contributed by atoms with E-state index in [1.54, 1.807) is 52.0 Å². The molecule has 1 aromatic heterocycles. The second-order valence-electron chi connectivity index (χ2n) is 8.20. The van der Waals surface area contributed by atoms with Gasteiger partial charge in [-0.25, -0.2) is 9.59 Å². The van der Waals surface area contributed by atoms with Crippen molar-refractivity contribution < 1.29 is 33.1 Å². The molecule has 0 aliphatic carbocycles. The number of alkyl carbamates (subject to hydrolysis) is 1. The number of hydrogen-bond acceptors (Lipinski definition) is 7. The van der Waals surface area contributed by atoms with Crippen molar-refractivity contribution in [3.05, 3.63) is 52.8 Å². The lowest BCUT2D eigenvalue weighted by Crippen LogP contribution is -2.47. The van der Waals surface area contributed by atoms with Crippen LogP contribution in [0.5, 0.6) is 0 Å². The summed E-state index contributed by atoms with van der Waals surface area (Å²) in [4.78, 5) is 49.8. The van der Waals surface area contributed by atoms with Crippen LogP contribution >= 0.6 is 0 Å². The number of nitrogens with two attached hydrogens (primary N) is 1. The standard InChI is InChI=1S/C23H29N3O7/c1-6-31-21(29)16-13(2)32-20(17(16)18(24)27)26-19(28)15(12-14-10-8-7-9-11-14)25-22(30)33-23(3,4)5/h7-11,15H,6,12H2,1-5H3,(H2,24,27)(H,25,30)(H,26,28). The number of furan rings is 1. The highest BCUT2D eigenvalue weighted by Crippen LogP contribution is 2.28. The summed E-state index contributed by atoms with van der Waals surface area (Å²) in [5.41, 5.74) is 4.96. The lowest BCUT2D eigenvalue weighted by atomic mass is 10.1. The highest BCUT2D eigenvalue weighted by atomic mass is 16.6. The molecule has 0 saturated heterocycles. The molecule has 178 valence electrons. The zero-order valence-corrected chi connectivity index (χ0v) is 19.3. The molecular weight excluding hydrogens is 430 g/mol. The van der Waals surface area contributed by atoms with Crippen molar-refractivity contribution in [1.82, 2.24) is 5.32 Å². The second-order valence-corrected chi connectivity index (χ2v) is 8.20. The van der Waals surface area contributed by atoms with Gasteiger partial charge in [0.15, 0.2) is 0 Å². The number of ether oxygens (including phenoxy) is 2. The minimum atomic E-state index is -1.08. The molecule has 4 N–H and O–H groups in total. The lowest BCUT2D eigenvalue weighted by molar-refractivity contribution is -0.118. The van der Waals surface area contributed by atoms with Gasteiger partial charge in [-0.1, -0.05) is 30.3 Å². The average Bonchev–Trinajstić information content (AvgIpc) is 3.03. The molecule has 1 atom stereocenters. The van der Waals surface area contributed by atoms with Crippen LogP contribution in [-0.2, 0) is 20.7 Å². The number of rotatable bonds is 8. The predicted octanol–water partition coefficient (Wildman–Crippen LogP) is 2.94. The van der Waals surface area contributed by atoms with E-state index >= 15 is 0 Å². The molecule has 1 aromatic carbocycles. The van der Waals surface area contributed by atoms with Gasteiger partial charge in [-0.05, 0) is 40.2 Å². The number of primary amides is 1. The Kier molecular flexibility index (Phi) is 8.22. The molecule has 2 rings (SSSR count). The SMILES string of the molecule is CCOC(=O)c1c(C)oc(NC(=O)C(Cc2ccccc2)NC(=O)OC(C)(C)C)c1C(N)=O. The van der Waals surface area contributed by atoms with Crippen molar-refractivity contribution >= 4 is 29.8 Å². The summed E-state index contributed by atoms with van der Waals surface area (Å²) < 4.78 is 15.7. The van der Waals surface area contributed by atoms with Gasteiger partial charge in [0.25, 0.3) is 5.91 Å². The number of carbonyl (C=O) groups excluding carboxylic acids is 4. The van der Waals surface area contributed by atoms with Crippen LogP contribution in [0.1, 0.15) is 59.7 Å². The Hall–Kier alpha value is -3.82. The molecule has 0 fully saturated rings. The second kappa shape index (κ2) is 10.7. The third-order valence-corrected chi connectivity index (χ3v) is 4.34. The van der Waals surface area contributed by atoms with Gasteiger partial charge in [0, 0.05) is 6.42 Å². The highest BCUT2D eigenvalue weighted by molar-refractivity contribution is 6.11. The molecule has 0 aliphatic rings. The maximum absolute atomic E-state index is 13.1. The number of carbonyl (C=O) groups is 4. The first-order valence-corrected chi connectivity index (χ1v) is 10.4. The molecule has 0 aliphatic heterocycles. The lowest BCUT2D eigenvalue weighted by Gasteiger charge is -2.23. The Morgan fingerprint density at radius 1 is 1.09 bits per heavy atom. The summed E-state index contributed by atoms with van der Waals surface area (Å²) >= 11 is 0. The van der Waals surface area contributed by atoms with Crippen molar-refractivity contribution in [2.24, 2.45) is 5.73 Å². The molecule has 10 nitrogen and oxygen atoms in total. The molecule has 0 spiro atoms. The summed E-state index contributed by atoms with van der Waals surface area (Å²) in [7, 11) is 0. The number of aryl methyl sites for hydroxylation is 1. The predicted molar refractivity (Wildman–Crippen MR) is 120 cm³/mol.